The van der Waals surface area contributed by atoms with Gasteiger partial charge in [0.15, 0.2) is 5.78 Å². The maximum atomic E-state index is 12.4. The minimum Gasteiger partial charge on any atom is -0.326 e. The molecule has 3 aromatic carbocycles. The van der Waals surface area contributed by atoms with Crippen molar-refractivity contribution < 1.29 is 9.59 Å². The Hall–Kier alpha value is -2.62. The zero-order valence-corrected chi connectivity index (χ0v) is 15.2. The third-order valence-corrected chi connectivity index (χ3v) is 4.57. The van der Waals surface area contributed by atoms with E-state index in [0.29, 0.717) is 32.4 Å². The van der Waals surface area contributed by atoms with Crippen LogP contribution in [0.3, 0.4) is 0 Å². The highest BCUT2D eigenvalue weighted by Gasteiger charge is 2.12. The van der Waals surface area contributed by atoms with E-state index in [1.54, 1.807) is 54.6 Å². The van der Waals surface area contributed by atoms with Gasteiger partial charge in [-0.1, -0.05) is 59.6 Å². The Kier molecular flexibility index (Phi) is 5.71. The number of anilines is 1. The zero-order valence-electron chi connectivity index (χ0n) is 13.7. The van der Waals surface area contributed by atoms with Crippen LogP contribution in [0.1, 0.15) is 21.5 Å². The van der Waals surface area contributed by atoms with Gasteiger partial charge in [-0.15, -0.1) is 0 Å². The Morgan fingerprint density at radius 3 is 1.92 bits per heavy atom. The quantitative estimate of drug-likeness (QED) is 0.599. The predicted octanol–water partition coefficient (Wildman–Crippen LogP) is 5.41. The third kappa shape index (κ3) is 4.31. The maximum Gasteiger partial charge on any atom is 0.228 e. The van der Waals surface area contributed by atoms with Crippen molar-refractivity contribution in [3.63, 3.8) is 0 Å². The van der Waals surface area contributed by atoms with Gasteiger partial charge in [0.05, 0.1) is 6.42 Å². The van der Waals surface area contributed by atoms with Gasteiger partial charge in [-0.3, -0.25) is 9.59 Å². The number of hydrogen-bond donors (Lipinski definition) is 1. The van der Waals surface area contributed by atoms with Gasteiger partial charge in [0.25, 0.3) is 0 Å². The summed E-state index contributed by atoms with van der Waals surface area (Å²) in [4.78, 5) is 24.6. The first-order valence-corrected chi connectivity index (χ1v) is 8.73. The molecule has 0 saturated carbocycles. The van der Waals surface area contributed by atoms with E-state index in [4.69, 9.17) is 23.2 Å². The summed E-state index contributed by atoms with van der Waals surface area (Å²) in [5.74, 6) is -0.298. The van der Waals surface area contributed by atoms with Gasteiger partial charge < -0.3 is 5.32 Å². The summed E-state index contributed by atoms with van der Waals surface area (Å²) in [6, 6.07) is 20.9. The van der Waals surface area contributed by atoms with Gasteiger partial charge in [-0.25, -0.2) is 0 Å². The number of nitrogens with one attached hydrogen (secondary N) is 1. The van der Waals surface area contributed by atoms with Crippen LogP contribution in [0.4, 0.5) is 5.69 Å². The SMILES string of the molecule is O=C(Cc1c(Cl)cccc1Cl)Nc1ccc(C(=O)c2ccccc2)cc1. The molecule has 0 aliphatic heterocycles. The van der Waals surface area contributed by atoms with Crippen LogP contribution in [0.15, 0.2) is 72.8 Å². The number of ketones is 1. The minimum absolute atomic E-state index is 0.0636. The number of carbonyl (C=O) groups is 2. The summed E-state index contributed by atoms with van der Waals surface area (Å²) in [6.07, 6.45) is 0.0726. The molecule has 26 heavy (non-hydrogen) atoms. The highest BCUT2D eigenvalue weighted by atomic mass is 35.5. The lowest BCUT2D eigenvalue weighted by Crippen LogP contribution is -2.15. The van der Waals surface area contributed by atoms with Gasteiger partial charge in [0.1, 0.15) is 0 Å². The molecule has 0 aliphatic carbocycles. The predicted molar refractivity (Wildman–Crippen MR) is 105 cm³/mol. The van der Waals surface area contributed by atoms with Crippen molar-refractivity contribution >= 4 is 40.6 Å². The summed E-state index contributed by atoms with van der Waals surface area (Å²) in [5, 5.41) is 3.69. The Morgan fingerprint density at radius 2 is 1.31 bits per heavy atom. The standard InChI is InChI=1S/C21H15Cl2NO2/c22-18-7-4-8-19(23)17(18)13-20(25)24-16-11-9-15(10-12-16)21(26)14-5-2-1-3-6-14/h1-12H,13H2,(H,24,25). The molecule has 0 fully saturated rings. The molecule has 1 N–H and O–H groups in total. The van der Waals surface area contributed by atoms with Crippen molar-refractivity contribution in [3.8, 4) is 0 Å². The van der Waals surface area contributed by atoms with Gasteiger partial charge in [0.2, 0.25) is 5.91 Å². The van der Waals surface area contributed by atoms with Crippen molar-refractivity contribution in [3.05, 3.63) is 99.5 Å². The van der Waals surface area contributed by atoms with Crippen LogP contribution in [0.25, 0.3) is 0 Å². The van der Waals surface area contributed by atoms with E-state index in [9.17, 15) is 9.59 Å². The van der Waals surface area contributed by atoms with Crippen LogP contribution in [0.2, 0.25) is 10.0 Å². The van der Waals surface area contributed by atoms with Crippen LogP contribution in [-0.4, -0.2) is 11.7 Å². The van der Waals surface area contributed by atoms with Crippen LogP contribution < -0.4 is 5.32 Å². The smallest absolute Gasteiger partial charge is 0.228 e. The molecular formula is C21H15Cl2NO2. The van der Waals surface area contributed by atoms with Crippen molar-refractivity contribution in [1.29, 1.82) is 0 Å². The lowest BCUT2D eigenvalue weighted by Gasteiger charge is -2.09. The number of hydrogen-bond acceptors (Lipinski definition) is 2. The van der Waals surface area contributed by atoms with Gasteiger partial charge >= 0.3 is 0 Å². The van der Waals surface area contributed by atoms with E-state index in [2.05, 4.69) is 5.32 Å². The highest BCUT2D eigenvalue weighted by molar-refractivity contribution is 6.36. The monoisotopic (exact) mass is 383 g/mol. The van der Waals surface area contributed by atoms with Crippen molar-refractivity contribution in [2.75, 3.05) is 5.32 Å². The molecule has 0 saturated heterocycles. The highest BCUT2D eigenvalue weighted by Crippen LogP contribution is 2.25. The fraction of sp³-hybridized carbons (Fsp3) is 0.0476. The Balaban J connectivity index is 1.68. The van der Waals surface area contributed by atoms with E-state index >= 15 is 0 Å². The first-order chi connectivity index (χ1) is 12.5. The number of benzene rings is 3. The first-order valence-electron chi connectivity index (χ1n) is 7.97. The molecule has 3 rings (SSSR count). The second-order valence-corrected chi connectivity index (χ2v) is 6.51. The molecule has 0 radical (unpaired) electrons. The fourth-order valence-corrected chi connectivity index (χ4v) is 3.06. The molecule has 0 aromatic heterocycles. The minimum atomic E-state index is -0.234. The van der Waals surface area contributed by atoms with Crippen molar-refractivity contribution in [2.24, 2.45) is 0 Å². The van der Waals surface area contributed by atoms with Gasteiger partial charge in [-0.2, -0.15) is 0 Å². The van der Waals surface area contributed by atoms with Crippen LogP contribution in [0.5, 0.6) is 0 Å². The van der Waals surface area contributed by atoms with E-state index in [0.717, 1.165) is 0 Å². The largest absolute Gasteiger partial charge is 0.326 e. The number of carbonyl (C=O) groups excluding carboxylic acids is 2. The fourth-order valence-electron chi connectivity index (χ4n) is 2.53. The molecule has 0 heterocycles. The Bertz CT molecular complexity index is 918. The van der Waals surface area contributed by atoms with Gasteiger partial charge in [-0.05, 0) is 42.0 Å². The van der Waals surface area contributed by atoms with E-state index < -0.39 is 0 Å². The lowest BCUT2D eigenvalue weighted by molar-refractivity contribution is -0.115. The third-order valence-electron chi connectivity index (χ3n) is 3.87. The van der Waals surface area contributed by atoms with Crippen molar-refractivity contribution in [2.45, 2.75) is 6.42 Å². The molecule has 3 nitrogen and oxygen atoms in total. The number of amides is 1. The summed E-state index contributed by atoms with van der Waals surface area (Å²) < 4.78 is 0. The summed E-state index contributed by atoms with van der Waals surface area (Å²) >= 11 is 12.2. The second-order valence-electron chi connectivity index (χ2n) is 5.70. The first kappa shape index (κ1) is 18.2. The summed E-state index contributed by atoms with van der Waals surface area (Å²) in [5.41, 5.74) is 2.37. The molecule has 5 heteroatoms. The topological polar surface area (TPSA) is 46.2 Å². The molecule has 0 unspecified atom stereocenters. The van der Waals surface area contributed by atoms with E-state index in [-0.39, 0.29) is 18.1 Å². The maximum absolute atomic E-state index is 12.4. The van der Waals surface area contributed by atoms with E-state index in [1.165, 1.54) is 0 Å². The molecule has 3 aromatic rings. The molecule has 0 spiro atoms. The molecule has 0 bridgehead atoms. The molecule has 130 valence electrons. The molecule has 0 aliphatic rings. The molecule has 0 atom stereocenters. The number of halogens is 2. The molecule has 1 amide bonds. The lowest BCUT2D eigenvalue weighted by atomic mass is 10.0. The average Bonchev–Trinajstić information content (AvgIpc) is 2.66. The van der Waals surface area contributed by atoms with Crippen molar-refractivity contribution in [1.82, 2.24) is 0 Å². The Morgan fingerprint density at radius 1 is 0.731 bits per heavy atom. The summed E-state index contributed by atoms with van der Waals surface area (Å²) in [7, 11) is 0. The van der Waals surface area contributed by atoms with E-state index in [1.807, 2.05) is 18.2 Å². The van der Waals surface area contributed by atoms with Crippen LogP contribution in [-0.2, 0) is 11.2 Å². The Labute approximate surface area is 161 Å². The average molecular weight is 384 g/mol. The van der Waals surface area contributed by atoms with Crippen LogP contribution in [0, 0.1) is 0 Å². The molecular weight excluding hydrogens is 369 g/mol. The van der Waals surface area contributed by atoms with Gasteiger partial charge in [0, 0.05) is 26.9 Å². The normalized spacial score (nSPS) is 10.4. The van der Waals surface area contributed by atoms with Crippen LogP contribution >= 0.6 is 23.2 Å². The second kappa shape index (κ2) is 8.17. The number of rotatable bonds is 5. The zero-order chi connectivity index (χ0) is 18.5. The summed E-state index contributed by atoms with van der Waals surface area (Å²) in [6.45, 7) is 0.